The van der Waals surface area contributed by atoms with Crippen LogP contribution >= 0.6 is 0 Å². The van der Waals surface area contributed by atoms with Crippen LogP contribution in [0.1, 0.15) is 19.3 Å². The van der Waals surface area contributed by atoms with Crippen LogP contribution < -0.4 is 4.72 Å². The molecular weight excluding hydrogens is 264 g/mol. The van der Waals surface area contributed by atoms with E-state index in [2.05, 4.69) is 9.62 Å². The van der Waals surface area contributed by atoms with Gasteiger partial charge in [0.1, 0.15) is 5.75 Å². The van der Waals surface area contributed by atoms with Crippen molar-refractivity contribution in [3.8, 4) is 5.75 Å². The predicted molar refractivity (Wildman–Crippen MR) is 73.6 cm³/mol. The van der Waals surface area contributed by atoms with Gasteiger partial charge in [0.15, 0.2) is 0 Å². The molecule has 0 atom stereocenters. The minimum absolute atomic E-state index is 0.0474. The smallest absolute Gasteiger partial charge is 0.240 e. The summed E-state index contributed by atoms with van der Waals surface area (Å²) >= 11 is 0. The summed E-state index contributed by atoms with van der Waals surface area (Å²) in [6, 6.07) is 5.71. The molecule has 1 fully saturated rings. The van der Waals surface area contributed by atoms with Gasteiger partial charge in [0.25, 0.3) is 0 Å². The third-order valence-corrected chi connectivity index (χ3v) is 5.35. The van der Waals surface area contributed by atoms with Gasteiger partial charge in [0.05, 0.1) is 4.90 Å². The molecule has 0 amide bonds. The van der Waals surface area contributed by atoms with Crippen molar-refractivity contribution in [3.63, 3.8) is 0 Å². The van der Waals surface area contributed by atoms with Gasteiger partial charge in [-0.25, -0.2) is 13.1 Å². The van der Waals surface area contributed by atoms with E-state index >= 15 is 0 Å². The van der Waals surface area contributed by atoms with Crippen molar-refractivity contribution < 1.29 is 13.5 Å². The Bertz CT molecular complexity index is 551. The molecule has 1 aromatic carbocycles. The molecule has 0 heterocycles. The van der Waals surface area contributed by atoms with Crippen LogP contribution in [0.4, 0.5) is 0 Å². The number of sulfonamides is 1. The Balaban J connectivity index is 2.10. The van der Waals surface area contributed by atoms with Gasteiger partial charge in [-0.1, -0.05) is 6.07 Å². The highest BCUT2D eigenvalue weighted by atomic mass is 32.2. The minimum Gasteiger partial charge on any atom is -0.508 e. The van der Waals surface area contributed by atoms with Gasteiger partial charge in [-0.3, -0.25) is 0 Å². The number of nitrogens with one attached hydrogen (secondary N) is 1. The van der Waals surface area contributed by atoms with Crippen molar-refractivity contribution in [3.05, 3.63) is 24.3 Å². The molecule has 0 aromatic heterocycles. The number of phenols is 1. The molecule has 0 spiro atoms. The Morgan fingerprint density at radius 1 is 1.37 bits per heavy atom. The second-order valence-corrected chi connectivity index (χ2v) is 7.06. The van der Waals surface area contributed by atoms with Crippen molar-refractivity contribution in [1.82, 2.24) is 9.62 Å². The monoisotopic (exact) mass is 284 g/mol. The first-order valence-electron chi connectivity index (χ1n) is 6.32. The summed E-state index contributed by atoms with van der Waals surface area (Å²) < 4.78 is 27.0. The van der Waals surface area contributed by atoms with Crippen molar-refractivity contribution in [2.24, 2.45) is 0 Å². The fraction of sp³-hybridized carbons (Fsp3) is 0.538. The molecule has 0 unspecified atom stereocenters. The van der Waals surface area contributed by atoms with E-state index in [4.69, 9.17) is 0 Å². The molecule has 0 bridgehead atoms. The third-order valence-electron chi connectivity index (χ3n) is 3.95. The first kappa shape index (κ1) is 14.3. The van der Waals surface area contributed by atoms with Crippen molar-refractivity contribution in [2.45, 2.75) is 29.7 Å². The van der Waals surface area contributed by atoms with Crippen molar-refractivity contribution in [2.75, 3.05) is 20.6 Å². The van der Waals surface area contributed by atoms with Gasteiger partial charge in [-0.15, -0.1) is 0 Å². The van der Waals surface area contributed by atoms with Crippen LogP contribution in [0.3, 0.4) is 0 Å². The minimum atomic E-state index is -3.56. The molecule has 106 valence electrons. The maximum atomic E-state index is 12.2. The lowest BCUT2D eigenvalue weighted by atomic mass is 9.76. The lowest BCUT2D eigenvalue weighted by molar-refractivity contribution is 0.0657. The Morgan fingerprint density at radius 2 is 2.05 bits per heavy atom. The molecule has 1 aliphatic rings. The van der Waals surface area contributed by atoms with Crippen LogP contribution in [0.5, 0.6) is 5.75 Å². The summed E-state index contributed by atoms with van der Waals surface area (Å²) in [6.45, 7) is 0.401. The maximum absolute atomic E-state index is 12.2. The Morgan fingerprint density at radius 3 is 2.53 bits per heavy atom. The number of hydrogen-bond acceptors (Lipinski definition) is 4. The Kier molecular flexibility index (Phi) is 3.85. The number of benzene rings is 1. The van der Waals surface area contributed by atoms with Crippen LogP contribution in [0.2, 0.25) is 0 Å². The average Bonchev–Trinajstić information content (AvgIpc) is 2.27. The summed E-state index contributed by atoms with van der Waals surface area (Å²) in [5.74, 6) is -0.0474. The van der Waals surface area contributed by atoms with Crippen LogP contribution in [0, 0.1) is 0 Å². The number of rotatable bonds is 5. The highest BCUT2D eigenvalue weighted by molar-refractivity contribution is 7.89. The van der Waals surface area contributed by atoms with E-state index in [0.717, 1.165) is 19.3 Å². The van der Waals surface area contributed by atoms with Gasteiger partial charge >= 0.3 is 0 Å². The largest absolute Gasteiger partial charge is 0.508 e. The van der Waals surface area contributed by atoms with Crippen molar-refractivity contribution in [1.29, 1.82) is 0 Å². The topological polar surface area (TPSA) is 69.6 Å². The standard InChI is InChI=1S/C13H20N2O3S/c1-15(2)13(7-4-8-13)10-14-19(17,18)12-6-3-5-11(16)9-12/h3,5-6,9,14,16H,4,7-8,10H2,1-2H3. The highest BCUT2D eigenvalue weighted by Crippen LogP contribution is 2.35. The van der Waals surface area contributed by atoms with E-state index in [9.17, 15) is 13.5 Å². The van der Waals surface area contributed by atoms with Crippen molar-refractivity contribution >= 4 is 10.0 Å². The van der Waals surface area contributed by atoms with Gasteiger partial charge in [0.2, 0.25) is 10.0 Å². The Hall–Kier alpha value is -1.11. The summed E-state index contributed by atoms with van der Waals surface area (Å²) in [5, 5.41) is 9.35. The first-order chi connectivity index (χ1) is 8.86. The number of aromatic hydroxyl groups is 1. The number of hydrogen-bond donors (Lipinski definition) is 2. The SMILES string of the molecule is CN(C)C1(CNS(=O)(=O)c2cccc(O)c2)CCC1. The van der Waals surface area contributed by atoms with Crippen LogP contribution in [0.25, 0.3) is 0 Å². The lowest BCUT2D eigenvalue weighted by Gasteiger charge is -2.47. The number of nitrogens with zero attached hydrogens (tertiary/aromatic N) is 1. The van der Waals surface area contributed by atoms with E-state index in [0.29, 0.717) is 6.54 Å². The van der Waals surface area contributed by atoms with E-state index in [-0.39, 0.29) is 16.2 Å². The van der Waals surface area contributed by atoms with E-state index in [1.165, 1.54) is 24.3 Å². The fourth-order valence-electron chi connectivity index (χ4n) is 2.33. The maximum Gasteiger partial charge on any atom is 0.240 e. The summed E-state index contributed by atoms with van der Waals surface area (Å²) in [6.07, 6.45) is 3.14. The molecule has 2 rings (SSSR count). The third kappa shape index (κ3) is 2.91. The molecule has 2 N–H and O–H groups in total. The summed E-state index contributed by atoms with van der Waals surface area (Å²) in [5.41, 5.74) is -0.0656. The van der Waals surface area contributed by atoms with Gasteiger partial charge < -0.3 is 10.0 Å². The molecular formula is C13H20N2O3S. The molecule has 0 radical (unpaired) electrons. The van der Waals surface area contributed by atoms with Crippen LogP contribution in [-0.4, -0.2) is 44.6 Å². The van der Waals surface area contributed by atoms with Gasteiger partial charge in [0, 0.05) is 12.1 Å². The van der Waals surface area contributed by atoms with Gasteiger partial charge in [-0.2, -0.15) is 0 Å². The summed E-state index contributed by atoms with van der Waals surface area (Å²) in [4.78, 5) is 2.18. The zero-order chi connectivity index (χ0) is 14.1. The molecule has 0 aliphatic heterocycles. The zero-order valence-corrected chi connectivity index (χ0v) is 12.1. The lowest BCUT2D eigenvalue weighted by Crippen LogP contribution is -2.57. The van der Waals surface area contributed by atoms with E-state index in [1.807, 2.05) is 14.1 Å². The molecule has 1 aromatic rings. The summed E-state index contributed by atoms with van der Waals surface area (Å²) in [7, 11) is 0.386. The normalized spacial score (nSPS) is 18.3. The quantitative estimate of drug-likeness (QED) is 0.851. The Labute approximate surface area is 114 Å². The molecule has 19 heavy (non-hydrogen) atoms. The van der Waals surface area contributed by atoms with E-state index < -0.39 is 10.0 Å². The number of likely N-dealkylation sites (N-methyl/N-ethyl adjacent to an activating group) is 1. The average molecular weight is 284 g/mol. The molecule has 1 aliphatic carbocycles. The molecule has 6 heteroatoms. The second kappa shape index (κ2) is 5.11. The molecule has 5 nitrogen and oxygen atoms in total. The number of phenolic OH excluding ortho intramolecular Hbond substituents is 1. The fourth-order valence-corrected chi connectivity index (χ4v) is 3.49. The predicted octanol–water partition coefficient (Wildman–Crippen LogP) is 1.15. The second-order valence-electron chi connectivity index (χ2n) is 5.29. The van der Waals surface area contributed by atoms with Crippen LogP contribution in [0.15, 0.2) is 29.2 Å². The first-order valence-corrected chi connectivity index (χ1v) is 7.80. The van der Waals surface area contributed by atoms with E-state index in [1.54, 1.807) is 0 Å². The van der Waals surface area contributed by atoms with Gasteiger partial charge in [-0.05, 0) is 51.6 Å². The zero-order valence-electron chi connectivity index (χ0n) is 11.3. The molecule has 0 saturated heterocycles. The van der Waals surface area contributed by atoms with Crippen LogP contribution in [-0.2, 0) is 10.0 Å². The molecule has 1 saturated carbocycles. The highest BCUT2D eigenvalue weighted by Gasteiger charge is 2.39.